The number of hydrogen-bond donors (Lipinski definition) is 1. The molecule has 15 heavy (non-hydrogen) atoms. The minimum atomic E-state index is 0.531. The molecule has 0 radical (unpaired) electrons. The zero-order valence-electron chi connectivity index (χ0n) is 9.58. The van der Waals surface area contributed by atoms with Gasteiger partial charge in [-0.15, -0.1) is 0 Å². The summed E-state index contributed by atoms with van der Waals surface area (Å²) in [6, 6.07) is 0. The summed E-state index contributed by atoms with van der Waals surface area (Å²) in [4.78, 5) is 7.05. The summed E-state index contributed by atoms with van der Waals surface area (Å²) in [6.07, 6.45) is 5.70. The van der Waals surface area contributed by atoms with Gasteiger partial charge >= 0.3 is 0 Å². The zero-order valence-corrected chi connectivity index (χ0v) is 9.58. The smallest absolute Gasteiger partial charge is 0.0806 e. The molecule has 0 unspecified atom stereocenters. The third-order valence-electron chi connectivity index (χ3n) is 4.10. The molecule has 4 nitrogen and oxygen atoms in total. The number of methoxy groups -OCH3 is 1. The highest BCUT2D eigenvalue weighted by atomic mass is 16.6. The Morgan fingerprint density at radius 2 is 2.00 bits per heavy atom. The Morgan fingerprint density at radius 1 is 1.33 bits per heavy atom. The van der Waals surface area contributed by atoms with Crippen molar-refractivity contribution in [1.82, 2.24) is 4.90 Å². The Hall–Kier alpha value is -0.160. The van der Waals surface area contributed by atoms with Gasteiger partial charge in [-0.05, 0) is 44.2 Å². The largest absolute Gasteiger partial charge is 0.381 e. The van der Waals surface area contributed by atoms with E-state index in [-0.39, 0.29) is 0 Å². The van der Waals surface area contributed by atoms with Crippen molar-refractivity contribution in [1.29, 1.82) is 0 Å². The average Bonchev–Trinajstić information content (AvgIpc) is 2.24. The Balaban J connectivity index is 1.69. The van der Waals surface area contributed by atoms with E-state index < -0.39 is 0 Å². The lowest BCUT2D eigenvalue weighted by Crippen LogP contribution is -2.50. The van der Waals surface area contributed by atoms with Gasteiger partial charge in [0, 0.05) is 13.7 Å². The topological polar surface area (TPSA) is 47.7 Å². The molecule has 0 aromatic carbocycles. The molecular formula is C11H22N2O2. The maximum Gasteiger partial charge on any atom is 0.0806 e. The molecule has 2 aliphatic rings. The molecule has 1 saturated heterocycles. The number of nitrogens with two attached hydrogens (primary N) is 1. The summed E-state index contributed by atoms with van der Waals surface area (Å²) >= 11 is 0. The van der Waals surface area contributed by atoms with Crippen LogP contribution in [0.5, 0.6) is 0 Å². The van der Waals surface area contributed by atoms with Gasteiger partial charge in [-0.25, -0.2) is 5.90 Å². The van der Waals surface area contributed by atoms with Gasteiger partial charge in [0.2, 0.25) is 0 Å². The van der Waals surface area contributed by atoms with Crippen LogP contribution in [0.25, 0.3) is 0 Å². The Labute approximate surface area is 91.7 Å². The van der Waals surface area contributed by atoms with Gasteiger partial charge in [-0.2, -0.15) is 0 Å². The third-order valence-corrected chi connectivity index (χ3v) is 4.10. The van der Waals surface area contributed by atoms with Crippen LogP contribution in [0, 0.1) is 5.41 Å². The number of piperidine rings is 1. The van der Waals surface area contributed by atoms with Crippen LogP contribution in [0.3, 0.4) is 0 Å². The molecule has 1 heterocycles. The molecule has 2 fully saturated rings. The van der Waals surface area contributed by atoms with Crippen LogP contribution in [-0.2, 0) is 9.57 Å². The normalized spacial score (nSPS) is 26.8. The zero-order chi connectivity index (χ0) is 10.7. The molecule has 2 rings (SSSR count). The Bertz CT molecular complexity index is 195. The molecule has 1 saturated carbocycles. The third kappa shape index (κ3) is 2.50. The van der Waals surface area contributed by atoms with E-state index in [0.717, 1.165) is 6.54 Å². The summed E-state index contributed by atoms with van der Waals surface area (Å²) in [5.74, 6) is 5.03. The molecule has 4 heteroatoms. The summed E-state index contributed by atoms with van der Waals surface area (Å²) in [5.41, 5.74) is 0.612. The quantitative estimate of drug-likeness (QED) is 0.702. The second-order valence-corrected chi connectivity index (χ2v) is 4.98. The van der Waals surface area contributed by atoms with E-state index in [4.69, 9.17) is 10.6 Å². The van der Waals surface area contributed by atoms with Crippen molar-refractivity contribution in [3.05, 3.63) is 0 Å². The maximum atomic E-state index is 5.36. The fourth-order valence-electron chi connectivity index (χ4n) is 2.91. The molecule has 2 N–H and O–H groups in total. The second kappa shape index (κ2) is 4.78. The first-order valence-electron chi connectivity index (χ1n) is 5.85. The molecule has 0 amide bonds. The first-order valence-corrected chi connectivity index (χ1v) is 5.85. The van der Waals surface area contributed by atoms with Gasteiger partial charge in [0.25, 0.3) is 0 Å². The minimum absolute atomic E-state index is 0.531. The number of likely N-dealkylation sites (tertiary alicyclic amines) is 1. The predicted molar refractivity (Wildman–Crippen MR) is 58.3 cm³/mol. The van der Waals surface area contributed by atoms with E-state index in [1.807, 2.05) is 7.11 Å². The van der Waals surface area contributed by atoms with E-state index in [1.165, 1.54) is 38.8 Å². The lowest BCUT2D eigenvalue weighted by atomic mass is 9.61. The highest BCUT2D eigenvalue weighted by Gasteiger charge is 2.45. The SMILES string of the molecule is COC1CC2(CCN(CCON)CC2)C1. The van der Waals surface area contributed by atoms with Crippen molar-refractivity contribution in [3.63, 3.8) is 0 Å². The summed E-state index contributed by atoms with van der Waals surface area (Å²) < 4.78 is 5.36. The highest BCUT2D eigenvalue weighted by Crippen LogP contribution is 2.49. The first kappa shape index (κ1) is 11.3. The second-order valence-electron chi connectivity index (χ2n) is 4.98. The monoisotopic (exact) mass is 214 g/mol. The van der Waals surface area contributed by atoms with Gasteiger partial charge in [0.05, 0.1) is 12.7 Å². The van der Waals surface area contributed by atoms with Crippen LogP contribution < -0.4 is 5.90 Å². The van der Waals surface area contributed by atoms with Gasteiger partial charge in [-0.1, -0.05) is 0 Å². The summed E-state index contributed by atoms with van der Waals surface area (Å²) in [6.45, 7) is 4.01. The van der Waals surface area contributed by atoms with Crippen molar-refractivity contribution in [2.24, 2.45) is 11.3 Å². The van der Waals surface area contributed by atoms with Gasteiger partial charge in [0.1, 0.15) is 0 Å². The molecule has 88 valence electrons. The molecule has 1 aliphatic carbocycles. The van der Waals surface area contributed by atoms with E-state index >= 15 is 0 Å². The van der Waals surface area contributed by atoms with Gasteiger partial charge in [0.15, 0.2) is 0 Å². The van der Waals surface area contributed by atoms with Crippen LogP contribution in [0.2, 0.25) is 0 Å². The van der Waals surface area contributed by atoms with E-state index in [0.29, 0.717) is 18.1 Å². The molecule has 0 aromatic rings. The predicted octanol–water partition coefficient (Wildman–Crippen LogP) is 0.768. The van der Waals surface area contributed by atoms with Crippen LogP contribution in [0.4, 0.5) is 0 Å². The fourth-order valence-corrected chi connectivity index (χ4v) is 2.91. The molecule has 1 aliphatic heterocycles. The summed E-state index contributed by atoms with van der Waals surface area (Å²) in [5, 5.41) is 0. The lowest BCUT2D eigenvalue weighted by molar-refractivity contribution is -0.0892. The van der Waals surface area contributed by atoms with Gasteiger partial charge < -0.3 is 14.5 Å². The van der Waals surface area contributed by atoms with Crippen molar-refractivity contribution < 1.29 is 9.57 Å². The van der Waals surface area contributed by atoms with Crippen LogP contribution in [0.1, 0.15) is 25.7 Å². The van der Waals surface area contributed by atoms with Crippen LogP contribution in [-0.4, -0.2) is 44.4 Å². The number of rotatable bonds is 4. The molecule has 0 atom stereocenters. The van der Waals surface area contributed by atoms with E-state index in [1.54, 1.807) is 0 Å². The van der Waals surface area contributed by atoms with Gasteiger partial charge in [-0.3, -0.25) is 0 Å². The van der Waals surface area contributed by atoms with Crippen molar-refractivity contribution in [3.8, 4) is 0 Å². The summed E-state index contributed by atoms with van der Waals surface area (Å²) in [7, 11) is 1.82. The molecule has 1 spiro atoms. The van der Waals surface area contributed by atoms with Crippen molar-refractivity contribution >= 4 is 0 Å². The minimum Gasteiger partial charge on any atom is -0.381 e. The number of nitrogens with zero attached hydrogens (tertiary/aromatic N) is 1. The standard InChI is InChI=1S/C11H22N2O2/c1-14-10-8-11(9-10)2-4-13(5-3-11)6-7-15-12/h10H,2-9,12H2,1H3. The van der Waals surface area contributed by atoms with Crippen LogP contribution in [0.15, 0.2) is 0 Å². The lowest BCUT2D eigenvalue weighted by Gasteiger charge is -2.51. The Morgan fingerprint density at radius 3 is 2.53 bits per heavy atom. The fraction of sp³-hybridized carbons (Fsp3) is 1.00. The average molecular weight is 214 g/mol. The maximum absolute atomic E-state index is 5.36. The number of ether oxygens (including phenoxy) is 1. The number of hydrogen-bond acceptors (Lipinski definition) is 4. The molecular weight excluding hydrogens is 192 g/mol. The Kier molecular flexibility index (Phi) is 3.61. The highest BCUT2D eigenvalue weighted by molar-refractivity contribution is 4.97. The van der Waals surface area contributed by atoms with Crippen LogP contribution >= 0.6 is 0 Å². The van der Waals surface area contributed by atoms with E-state index in [2.05, 4.69) is 9.74 Å². The molecule has 0 bridgehead atoms. The first-order chi connectivity index (χ1) is 7.28. The van der Waals surface area contributed by atoms with Crippen molar-refractivity contribution in [2.75, 3.05) is 33.4 Å². The van der Waals surface area contributed by atoms with Crippen molar-refractivity contribution in [2.45, 2.75) is 31.8 Å². The van der Waals surface area contributed by atoms with E-state index in [9.17, 15) is 0 Å². The molecule has 0 aromatic heterocycles.